The van der Waals surface area contributed by atoms with Crippen LogP contribution in [0, 0.1) is 17.8 Å². The van der Waals surface area contributed by atoms with E-state index in [4.69, 9.17) is 14.1 Å². The molecule has 1 aromatic heterocycles. The van der Waals surface area contributed by atoms with Crippen molar-refractivity contribution < 1.29 is 28.8 Å². The summed E-state index contributed by atoms with van der Waals surface area (Å²) in [5.74, 6) is -1.53. The summed E-state index contributed by atoms with van der Waals surface area (Å²) in [7, 11) is -4.16. The predicted molar refractivity (Wildman–Crippen MR) is 277 cm³/mol. The molecule has 3 saturated heterocycles. The highest BCUT2D eigenvalue weighted by Gasteiger charge is 2.59. The number of nitrogens with zero attached hydrogens (tertiary/aromatic N) is 3. The van der Waals surface area contributed by atoms with E-state index in [0.717, 1.165) is 81.6 Å². The number of aromatic nitrogens is 1. The molecule has 1 aliphatic carbocycles. The van der Waals surface area contributed by atoms with Crippen LogP contribution in [0.2, 0.25) is 11.4 Å². The van der Waals surface area contributed by atoms with Crippen LogP contribution < -0.4 is 10.4 Å². The van der Waals surface area contributed by atoms with E-state index in [1.54, 1.807) is 17.2 Å². The number of hydrogen-bond acceptors (Lipinski definition) is 8. The third kappa shape index (κ3) is 9.19. The molecule has 4 atom stereocenters. The lowest BCUT2D eigenvalue weighted by Gasteiger charge is -2.46. The summed E-state index contributed by atoms with van der Waals surface area (Å²) in [4.78, 5) is 38.9. The first kappa shape index (κ1) is 46.8. The molecule has 3 aliphatic heterocycles. The second-order valence-electron chi connectivity index (χ2n) is 20.5. The van der Waals surface area contributed by atoms with Crippen molar-refractivity contribution in [1.29, 1.82) is 0 Å². The Labute approximate surface area is 407 Å². The Balaban J connectivity index is 1.02. The molecule has 0 saturated carbocycles. The number of carbonyl (C=O) groups excluding carboxylic acids is 2. The van der Waals surface area contributed by atoms with E-state index in [2.05, 4.69) is 105 Å². The number of amides is 2. The van der Waals surface area contributed by atoms with E-state index in [-0.39, 0.29) is 41.6 Å². The van der Waals surface area contributed by atoms with Gasteiger partial charge in [-0.1, -0.05) is 148 Å². The van der Waals surface area contributed by atoms with Crippen molar-refractivity contribution in [3.8, 4) is 5.75 Å². The molecule has 9 nitrogen and oxygen atoms in total. The lowest BCUT2D eigenvalue weighted by atomic mass is 9.58. The molecule has 0 radical (unpaired) electrons. The van der Waals surface area contributed by atoms with Crippen LogP contribution in [0.1, 0.15) is 69.7 Å². The first-order valence-corrected chi connectivity index (χ1v) is 26.7. The summed E-state index contributed by atoms with van der Waals surface area (Å²) >= 11 is 0. The van der Waals surface area contributed by atoms with Crippen molar-refractivity contribution in [3.63, 3.8) is 0 Å². The van der Waals surface area contributed by atoms with Gasteiger partial charge in [0.25, 0.3) is 8.32 Å². The standard InChI is InChI=1S/C58H62BN3O6Si/c1-58(2,3)69(45-19-9-5-10-20-45,46-21-11-6-12-22-46)67-39-43-36-49-55(57(65)62(56(49)64)44-30-33-61(34-31-44)38-40-17-7-4-8-18-40)50-37-59(66)68-53(54(43)50)29-27-42(51-25-15-16-32-60-51)35-41-26-28-52(63)48-24-14-13-23-47(41)48/h4-26,28,32,35,44,49-50,53,55,63,66H,27,29-31,33-34,36-39H2,1-3H3/b42-35-/t49-,50+,53-,55-/m1/s1. The fourth-order valence-corrected chi connectivity index (χ4v) is 16.7. The maximum atomic E-state index is 15.1. The lowest BCUT2D eigenvalue weighted by molar-refractivity contribution is -0.144. The molecule has 4 aliphatic rings. The molecule has 0 bridgehead atoms. The summed E-state index contributed by atoms with van der Waals surface area (Å²) in [6.07, 6.45) is 6.48. The Hall–Kier alpha value is -5.95. The van der Waals surface area contributed by atoms with Gasteiger partial charge in [-0.25, -0.2) is 0 Å². The molecule has 0 unspecified atom stereocenters. The number of pyridine rings is 1. The Kier molecular flexibility index (Phi) is 13.4. The smallest absolute Gasteiger partial charge is 0.455 e. The van der Waals surface area contributed by atoms with Crippen molar-refractivity contribution in [2.24, 2.45) is 17.8 Å². The number of aromatic hydroxyl groups is 1. The number of hydrogen-bond donors (Lipinski definition) is 2. The van der Waals surface area contributed by atoms with Crippen LogP contribution in [-0.4, -0.2) is 84.0 Å². The van der Waals surface area contributed by atoms with E-state index in [9.17, 15) is 14.9 Å². The fraction of sp³-hybridized carbons (Fsp3) is 0.328. The van der Waals surface area contributed by atoms with Crippen LogP contribution in [0.25, 0.3) is 22.4 Å². The number of imide groups is 1. The zero-order chi connectivity index (χ0) is 47.7. The molecule has 69 heavy (non-hydrogen) atoms. The Morgan fingerprint density at radius 3 is 2.09 bits per heavy atom. The second kappa shape index (κ2) is 19.8. The van der Waals surface area contributed by atoms with Crippen molar-refractivity contribution in [1.82, 2.24) is 14.8 Å². The largest absolute Gasteiger partial charge is 0.507 e. The van der Waals surface area contributed by atoms with Crippen molar-refractivity contribution in [3.05, 3.63) is 180 Å². The van der Waals surface area contributed by atoms with E-state index in [1.165, 1.54) is 5.56 Å². The van der Waals surface area contributed by atoms with Crippen molar-refractivity contribution in [2.45, 2.75) is 82.9 Å². The second-order valence-corrected chi connectivity index (χ2v) is 24.8. The van der Waals surface area contributed by atoms with Gasteiger partial charge < -0.3 is 19.2 Å². The first-order chi connectivity index (χ1) is 33.5. The van der Waals surface area contributed by atoms with Crippen LogP contribution in [0.5, 0.6) is 5.75 Å². The minimum absolute atomic E-state index is 0.0902. The monoisotopic (exact) mass is 935 g/mol. The van der Waals surface area contributed by atoms with Gasteiger partial charge in [-0.15, -0.1) is 0 Å². The third-order valence-corrected chi connectivity index (χ3v) is 20.3. The molecule has 0 spiro atoms. The van der Waals surface area contributed by atoms with Gasteiger partial charge in [-0.05, 0) is 117 Å². The summed E-state index contributed by atoms with van der Waals surface area (Å²) < 4.78 is 14.3. The SMILES string of the molecule is CC(C)(C)[Si](OCC1=C2[C@@H](CC/C(=C/c3ccc(O)c4ccccc34)c3ccccn3)OB(O)C[C@@H]2[C@@H]2C(=O)N(C3CCN(Cc4ccccc4)CC3)C(=O)[C@@H]2C1)(c1ccccc1)c1ccccc1. The number of phenols is 1. The molecule has 2 amide bonds. The van der Waals surface area contributed by atoms with E-state index in [0.29, 0.717) is 19.3 Å². The highest BCUT2D eigenvalue weighted by molar-refractivity contribution is 6.99. The fourth-order valence-electron chi connectivity index (χ4n) is 12.1. The highest BCUT2D eigenvalue weighted by atomic mass is 28.4. The van der Waals surface area contributed by atoms with Crippen LogP contribution in [0.3, 0.4) is 0 Å². The molecule has 4 heterocycles. The van der Waals surface area contributed by atoms with Crippen LogP contribution >= 0.6 is 0 Å². The number of piperidine rings is 1. The van der Waals surface area contributed by atoms with Crippen LogP contribution in [0.4, 0.5) is 0 Å². The number of likely N-dealkylation sites (tertiary alicyclic amines) is 2. The van der Waals surface area contributed by atoms with E-state index in [1.807, 2.05) is 66.7 Å². The molecular weight excluding hydrogens is 874 g/mol. The quantitative estimate of drug-likeness (QED) is 0.0670. The number of carbonyl (C=O) groups is 2. The molecular formula is C58H62BN3O6Si. The van der Waals surface area contributed by atoms with Crippen LogP contribution in [-0.2, 0) is 25.2 Å². The average Bonchev–Trinajstić information content (AvgIpc) is 3.62. The average molecular weight is 936 g/mol. The molecule has 6 aromatic rings. The molecule has 5 aromatic carbocycles. The van der Waals surface area contributed by atoms with Gasteiger partial charge in [-0.2, -0.15) is 0 Å². The highest BCUT2D eigenvalue weighted by Crippen LogP contribution is 2.52. The predicted octanol–water partition coefficient (Wildman–Crippen LogP) is 9.30. The zero-order valence-electron chi connectivity index (χ0n) is 39.9. The van der Waals surface area contributed by atoms with Gasteiger partial charge in [0.2, 0.25) is 11.8 Å². The molecule has 3 fully saturated rings. The number of allylic oxidation sites excluding steroid dienone is 1. The molecule has 11 heteroatoms. The number of rotatable bonds is 13. The van der Waals surface area contributed by atoms with Crippen LogP contribution in [0.15, 0.2) is 163 Å². The maximum Gasteiger partial charge on any atom is 0.455 e. The molecule has 352 valence electrons. The first-order valence-electron chi connectivity index (χ1n) is 24.8. The zero-order valence-corrected chi connectivity index (χ0v) is 40.9. The number of fused-ring (bicyclic) bond motifs is 4. The summed E-state index contributed by atoms with van der Waals surface area (Å²) in [6.45, 7) is 9.51. The topological polar surface area (TPSA) is 112 Å². The van der Waals surface area contributed by atoms with Gasteiger partial charge in [0.05, 0.1) is 30.2 Å². The molecule has 2 N–H and O–H groups in total. The van der Waals surface area contributed by atoms with Gasteiger partial charge in [-0.3, -0.25) is 24.4 Å². The van der Waals surface area contributed by atoms with Gasteiger partial charge >= 0.3 is 7.12 Å². The maximum absolute atomic E-state index is 15.1. The third-order valence-electron chi connectivity index (χ3n) is 15.3. The summed E-state index contributed by atoms with van der Waals surface area (Å²) in [6, 6.07) is 48.8. The number of phenolic OH excluding ortho intramolecular Hbond substituents is 1. The Bertz CT molecular complexity index is 2810. The van der Waals surface area contributed by atoms with Crippen molar-refractivity contribution >= 4 is 60.0 Å². The van der Waals surface area contributed by atoms with Gasteiger partial charge in [0.1, 0.15) is 5.75 Å². The van der Waals surface area contributed by atoms with E-state index >= 15 is 4.79 Å². The Morgan fingerprint density at radius 1 is 0.797 bits per heavy atom. The minimum Gasteiger partial charge on any atom is -0.507 e. The summed E-state index contributed by atoms with van der Waals surface area (Å²) in [5.41, 5.74) is 5.99. The van der Waals surface area contributed by atoms with E-state index < -0.39 is 39.3 Å². The van der Waals surface area contributed by atoms with Gasteiger partial charge in [0.15, 0.2) is 0 Å². The van der Waals surface area contributed by atoms with Gasteiger partial charge in [0, 0.05) is 37.3 Å². The normalized spacial score (nSPS) is 21.8. The van der Waals surface area contributed by atoms with Crippen molar-refractivity contribution in [2.75, 3.05) is 19.7 Å². The minimum atomic E-state index is -3.04. The summed E-state index contributed by atoms with van der Waals surface area (Å²) in [5, 5.41) is 26.2. The number of benzene rings is 5. The molecule has 10 rings (SSSR count). The lowest BCUT2D eigenvalue weighted by Crippen LogP contribution is -2.66. The Morgan fingerprint density at radius 2 is 1.43 bits per heavy atom.